The van der Waals surface area contributed by atoms with Crippen LogP contribution in [0, 0.1) is 5.82 Å². The van der Waals surface area contributed by atoms with Crippen molar-refractivity contribution in [3.8, 4) is 11.5 Å². The van der Waals surface area contributed by atoms with Crippen molar-refractivity contribution in [1.82, 2.24) is 5.32 Å². The Labute approximate surface area is 130 Å². The minimum atomic E-state index is -0.495. The third-order valence-electron chi connectivity index (χ3n) is 2.72. The van der Waals surface area contributed by atoms with Gasteiger partial charge in [0.2, 0.25) is 0 Å². The van der Waals surface area contributed by atoms with Crippen LogP contribution in [-0.4, -0.2) is 12.5 Å². The molecule has 6 heteroatoms. The maximum atomic E-state index is 13.6. The lowest BCUT2D eigenvalue weighted by molar-refractivity contribution is 0.0956. The Kier molecular flexibility index (Phi) is 4.80. The van der Waals surface area contributed by atoms with Crippen LogP contribution in [0.1, 0.15) is 17.3 Å². The van der Waals surface area contributed by atoms with Crippen molar-refractivity contribution in [1.29, 1.82) is 0 Å². The zero-order chi connectivity index (χ0) is 15.4. The van der Waals surface area contributed by atoms with Gasteiger partial charge in [-0.1, -0.05) is 15.9 Å². The summed E-state index contributed by atoms with van der Waals surface area (Å²) in [7, 11) is 0. The van der Waals surface area contributed by atoms with Crippen LogP contribution in [0.3, 0.4) is 0 Å². The Morgan fingerprint density at radius 1 is 1.29 bits per heavy atom. The number of nitrogen functional groups attached to an aromatic ring is 1. The topological polar surface area (TPSA) is 64.3 Å². The molecular weight excluding hydrogens is 339 g/mol. The van der Waals surface area contributed by atoms with E-state index in [2.05, 4.69) is 21.2 Å². The summed E-state index contributed by atoms with van der Waals surface area (Å²) in [6.45, 7) is 2.36. The molecule has 21 heavy (non-hydrogen) atoms. The highest BCUT2D eigenvalue weighted by Crippen LogP contribution is 2.31. The molecule has 0 atom stereocenters. The molecule has 4 nitrogen and oxygen atoms in total. The zero-order valence-corrected chi connectivity index (χ0v) is 12.9. The van der Waals surface area contributed by atoms with Crippen LogP contribution in [0.25, 0.3) is 0 Å². The van der Waals surface area contributed by atoms with Crippen LogP contribution in [0.4, 0.5) is 10.1 Å². The monoisotopic (exact) mass is 352 g/mol. The van der Waals surface area contributed by atoms with E-state index in [1.807, 2.05) is 6.92 Å². The molecule has 0 aliphatic heterocycles. The number of carbonyl (C=O) groups excluding carboxylic acids is 1. The van der Waals surface area contributed by atoms with Crippen LogP contribution in [0.5, 0.6) is 11.5 Å². The van der Waals surface area contributed by atoms with Gasteiger partial charge in [0, 0.05) is 16.6 Å². The second kappa shape index (κ2) is 6.58. The van der Waals surface area contributed by atoms with Crippen molar-refractivity contribution in [2.24, 2.45) is 0 Å². The molecule has 0 saturated heterocycles. The fraction of sp³-hybridized carbons (Fsp3) is 0.133. The summed E-state index contributed by atoms with van der Waals surface area (Å²) in [5.74, 6) is -0.364. The van der Waals surface area contributed by atoms with E-state index in [0.717, 1.165) is 0 Å². The average molecular weight is 353 g/mol. The molecule has 1 amide bonds. The Balaban J connectivity index is 2.25. The van der Waals surface area contributed by atoms with E-state index in [1.54, 1.807) is 18.2 Å². The van der Waals surface area contributed by atoms with Crippen molar-refractivity contribution < 1.29 is 13.9 Å². The molecule has 0 unspecified atom stereocenters. The van der Waals surface area contributed by atoms with Gasteiger partial charge in [0.25, 0.3) is 5.91 Å². The molecule has 0 spiro atoms. The van der Waals surface area contributed by atoms with E-state index < -0.39 is 5.82 Å². The molecule has 2 aromatic rings. The summed E-state index contributed by atoms with van der Waals surface area (Å²) in [6.07, 6.45) is 0. The molecule has 110 valence electrons. The number of nitrogens with one attached hydrogen (secondary N) is 1. The molecule has 0 aliphatic rings. The van der Waals surface area contributed by atoms with Gasteiger partial charge in [0.05, 0.1) is 5.69 Å². The number of nitrogens with two attached hydrogens (primary N) is 1. The van der Waals surface area contributed by atoms with E-state index in [1.165, 1.54) is 18.2 Å². The lowest BCUT2D eigenvalue weighted by Crippen LogP contribution is -2.22. The number of carbonyl (C=O) groups is 1. The van der Waals surface area contributed by atoms with Crippen molar-refractivity contribution in [3.63, 3.8) is 0 Å². The Bertz CT molecular complexity index is 677. The van der Waals surface area contributed by atoms with Crippen LogP contribution < -0.4 is 15.8 Å². The Morgan fingerprint density at radius 3 is 2.71 bits per heavy atom. The van der Waals surface area contributed by atoms with Gasteiger partial charge in [-0.2, -0.15) is 0 Å². The number of hydrogen-bond acceptors (Lipinski definition) is 3. The van der Waals surface area contributed by atoms with Gasteiger partial charge in [-0.15, -0.1) is 0 Å². The van der Waals surface area contributed by atoms with Crippen LogP contribution in [0.2, 0.25) is 0 Å². The van der Waals surface area contributed by atoms with E-state index >= 15 is 0 Å². The third-order valence-corrected chi connectivity index (χ3v) is 3.22. The number of ether oxygens (including phenoxy) is 1. The van der Waals surface area contributed by atoms with Crippen molar-refractivity contribution in [2.45, 2.75) is 6.92 Å². The Morgan fingerprint density at radius 2 is 2.05 bits per heavy atom. The molecular formula is C15H14BrFN2O2. The lowest BCUT2D eigenvalue weighted by atomic mass is 10.1. The summed E-state index contributed by atoms with van der Waals surface area (Å²) in [5, 5.41) is 2.67. The van der Waals surface area contributed by atoms with Crippen LogP contribution in [-0.2, 0) is 0 Å². The smallest absolute Gasteiger partial charge is 0.251 e. The first-order valence-electron chi connectivity index (χ1n) is 6.32. The minimum absolute atomic E-state index is 0.0573. The highest BCUT2D eigenvalue weighted by molar-refractivity contribution is 9.10. The number of rotatable bonds is 4. The molecule has 0 aliphatic carbocycles. The first-order chi connectivity index (χ1) is 10.0. The SMILES string of the molecule is CCNC(=O)c1ccc(Oc2cc(Br)ccc2F)c(N)c1. The average Bonchev–Trinajstić information content (AvgIpc) is 2.45. The zero-order valence-electron chi connectivity index (χ0n) is 11.3. The summed E-state index contributed by atoms with van der Waals surface area (Å²) in [4.78, 5) is 11.7. The standard InChI is InChI=1S/C15H14BrFN2O2/c1-2-19-15(20)9-3-6-13(12(18)7-9)21-14-8-10(16)4-5-11(14)17/h3-8H,2,18H2,1H3,(H,19,20). The first kappa shape index (κ1) is 15.3. The molecule has 0 aromatic heterocycles. The van der Waals surface area contributed by atoms with Gasteiger partial charge in [0.1, 0.15) is 0 Å². The summed E-state index contributed by atoms with van der Waals surface area (Å²) < 4.78 is 19.8. The van der Waals surface area contributed by atoms with Crippen molar-refractivity contribution in [2.75, 3.05) is 12.3 Å². The van der Waals surface area contributed by atoms with Crippen molar-refractivity contribution in [3.05, 3.63) is 52.3 Å². The van der Waals surface area contributed by atoms with Gasteiger partial charge in [-0.25, -0.2) is 4.39 Å². The maximum Gasteiger partial charge on any atom is 0.251 e. The minimum Gasteiger partial charge on any atom is -0.452 e. The molecule has 2 rings (SSSR count). The van der Waals surface area contributed by atoms with E-state index in [4.69, 9.17) is 10.5 Å². The van der Waals surface area contributed by atoms with Gasteiger partial charge in [-0.05, 0) is 43.3 Å². The fourth-order valence-electron chi connectivity index (χ4n) is 1.72. The Hall–Kier alpha value is -2.08. The van der Waals surface area contributed by atoms with Crippen molar-refractivity contribution >= 4 is 27.5 Å². The quantitative estimate of drug-likeness (QED) is 0.824. The second-order valence-electron chi connectivity index (χ2n) is 4.29. The van der Waals surface area contributed by atoms with E-state index in [-0.39, 0.29) is 17.3 Å². The molecule has 0 saturated carbocycles. The van der Waals surface area contributed by atoms with Gasteiger partial charge in [0.15, 0.2) is 17.3 Å². The van der Waals surface area contributed by atoms with Gasteiger partial charge < -0.3 is 15.8 Å². The summed E-state index contributed by atoms with van der Waals surface area (Å²) in [5.41, 5.74) is 6.54. The fourth-order valence-corrected chi connectivity index (χ4v) is 2.06. The number of amides is 1. The summed E-state index contributed by atoms with van der Waals surface area (Å²) in [6, 6.07) is 8.98. The number of halogens is 2. The molecule has 0 bridgehead atoms. The predicted octanol–water partition coefficient (Wildman–Crippen LogP) is 3.71. The summed E-state index contributed by atoms with van der Waals surface area (Å²) >= 11 is 3.25. The van der Waals surface area contributed by atoms with Gasteiger partial charge >= 0.3 is 0 Å². The molecule has 2 aromatic carbocycles. The molecule has 0 fully saturated rings. The second-order valence-corrected chi connectivity index (χ2v) is 5.20. The van der Waals surface area contributed by atoms with E-state index in [9.17, 15) is 9.18 Å². The third kappa shape index (κ3) is 3.72. The number of benzene rings is 2. The van der Waals surface area contributed by atoms with E-state index in [0.29, 0.717) is 22.3 Å². The van der Waals surface area contributed by atoms with Crippen LogP contribution in [0.15, 0.2) is 40.9 Å². The van der Waals surface area contributed by atoms with Crippen LogP contribution >= 0.6 is 15.9 Å². The number of anilines is 1. The number of hydrogen-bond donors (Lipinski definition) is 2. The highest BCUT2D eigenvalue weighted by atomic mass is 79.9. The lowest BCUT2D eigenvalue weighted by Gasteiger charge is -2.11. The maximum absolute atomic E-state index is 13.6. The van der Waals surface area contributed by atoms with Gasteiger partial charge in [-0.3, -0.25) is 4.79 Å². The normalized spacial score (nSPS) is 10.2. The first-order valence-corrected chi connectivity index (χ1v) is 7.11. The largest absolute Gasteiger partial charge is 0.452 e. The molecule has 0 heterocycles. The predicted molar refractivity (Wildman–Crippen MR) is 83.0 cm³/mol. The highest BCUT2D eigenvalue weighted by Gasteiger charge is 2.11. The molecule has 3 N–H and O–H groups in total. The molecule has 0 radical (unpaired) electrons.